The van der Waals surface area contributed by atoms with Crippen molar-refractivity contribution in [3.05, 3.63) is 93.2 Å². The van der Waals surface area contributed by atoms with Gasteiger partial charge >= 0.3 is 0 Å². The van der Waals surface area contributed by atoms with Gasteiger partial charge in [-0.15, -0.1) is 11.8 Å². The SMILES string of the molecule is CCSC1C(=O)C2(O)c3ncc(Cl)cc3OC2(c2ccc(Br)cc2)C1c1ccccc1. The number of ketones is 1. The number of ether oxygens (including phenoxy) is 1. The molecule has 4 nitrogen and oxygen atoms in total. The Bertz CT molecular complexity index is 1160. The number of rotatable bonds is 4. The monoisotopic (exact) mass is 515 g/mol. The van der Waals surface area contributed by atoms with Gasteiger partial charge in [-0.3, -0.25) is 9.78 Å². The predicted octanol–water partition coefficient (Wildman–Crippen LogP) is 5.46. The minimum Gasteiger partial charge on any atom is -0.476 e. The van der Waals surface area contributed by atoms with Crippen molar-refractivity contribution < 1.29 is 14.6 Å². The van der Waals surface area contributed by atoms with E-state index in [1.807, 2.05) is 61.5 Å². The summed E-state index contributed by atoms with van der Waals surface area (Å²) in [6, 6.07) is 19.0. The van der Waals surface area contributed by atoms with Crippen LogP contribution in [0.15, 0.2) is 71.3 Å². The van der Waals surface area contributed by atoms with Gasteiger partial charge in [-0.25, -0.2) is 0 Å². The van der Waals surface area contributed by atoms with Crippen LogP contribution in [0.1, 0.15) is 29.7 Å². The third kappa shape index (κ3) is 2.85. The minimum atomic E-state index is -1.94. The number of fused-ring (bicyclic) bond motifs is 3. The van der Waals surface area contributed by atoms with Crippen molar-refractivity contribution in [2.75, 3.05) is 5.75 Å². The molecule has 4 atom stereocenters. The molecule has 158 valence electrons. The average molecular weight is 517 g/mol. The van der Waals surface area contributed by atoms with Crippen LogP contribution in [-0.2, 0) is 16.0 Å². The van der Waals surface area contributed by atoms with Gasteiger partial charge < -0.3 is 9.84 Å². The summed E-state index contributed by atoms with van der Waals surface area (Å²) in [7, 11) is 0. The summed E-state index contributed by atoms with van der Waals surface area (Å²) in [5.41, 5.74) is -1.43. The van der Waals surface area contributed by atoms with Crippen LogP contribution in [0.3, 0.4) is 0 Å². The third-order valence-corrected chi connectivity index (χ3v) is 8.02. The zero-order valence-corrected chi connectivity index (χ0v) is 19.7. The smallest absolute Gasteiger partial charge is 0.214 e. The lowest BCUT2D eigenvalue weighted by Crippen LogP contribution is -2.51. The largest absolute Gasteiger partial charge is 0.476 e. The van der Waals surface area contributed by atoms with Crippen LogP contribution >= 0.6 is 39.3 Å². The standard InChI is InChI=1S/C24H19BrClNO3S/c1-2-31-20-19(14-6-4-3-5-7-14)24(15-8-10-16(25)11-9-15)23(29,22(20)28)21-18(30-24)12-17(26)13-27-21/h3-13,19-20,29H,2H2,1H3. The zero-order chi connectivity index (χ0) is 21.8. The quantitative estimate of drug-likeness (QED) is 0.499. The van der Waals surface area contributed by atoms with Crippen molar-refractivity contribution in [2.24, 2.45) is 0 Å². The molecule has 1 saturated carbocycles. The van der Waals surface area contributed by atoms with E-state index in [0.717, 1.165) is 15.8 Å². The number of halogens is 2. The molecular formula is C24H19BrClNO3S. The summed E-state index contributed by atoms with van der Waals surface area (Å²) in [5.74, 6) is 0.356. The summed E-state index contributed by atoms with van der Waals surface area (Å²) < 4.78 is 7.49. The second-order valence-electron chi connectivity index (χ2n) is 7.68. The first-order chi connectivity index (χ1) is 14.9. The lowest BCUT2D eigenvalue weighted by molar-refractivity contribution is -0.151. The van der Waals surface area contributed by atoms with Gasteiger partial charge in [0.15, 0.2) is 11.4 Å². The molecule has 1 N–H and O–H groups in total. The van der Waals surface area contributed by atoms with E-state index in [1.54, 1.807) is 6.07 Å². The lowest BCUT2D eigenvalue weighted by atomic mass is 9.72. The number of aromatic nitrogens is 1. The van der Waals surface area contributed by atoms with Crippen LogP contribution < -0.4 is 4.74 Å². The maximum absolute atomic E-state index is 13.9. The van der Waals surface area contributed by atoms with E-state index in [1.165, 1.54) is 18.0 Å². The van der Waals surface area contributed by atoms with Gasteiger partial charge in [0.05, 0.1) is 16.2 Å². The molecule has 0 spiro atoms. The highest BCUT2D eigenvalue weighted by Gasteiger charge is 2.77. The van der Waals surface area contributed by atoms with Crippen molar-refractivity contribution in [1.29, 1.82) is 0 Å². The van der Waals surface area contributed by atoms with Crippen molar-refractivity contribution in [3.63, 3.8) is 0 Å². The Labute approximate surface area is 198 Å². The Hall–Kier alpha value is -1.86. The van der Waals surface area contributed by atoms with Gasteiger partial charge in [-0.2, -0.15) is 0 Å². The third-order valence-electron chi connectivity index (χ3n) is 6.10. The number of Topliss-reactive ketones (excluding diaryl/α,β-unsaturated/α-hetero) is 1. The fourth-order valence-corrected chi connectivity index (χ4v) is 6.55. The van der Waals surface area contributed by atoms with Crippen molar-refractivity contribution in [1.82, 2.24) is 4.98 Å². The molecule has 0 radical (unpaired) electrons. The summed E-state index contributed by atoms with van der Waals surface area (Å²) >= 11 is 11.2. The van der Waals surface area contributed by atoms with Gasteiger partial charge in [0.2, 0.25) is 5.60 Å². The molecule has 1 fully saturated rings. The van der Waals surface area contributed by atoms with Crippen LogP contribution in [0.2, 0.25) is 5.02 Å². The summed E-state index contributed by atoms with van der Waals surface area (Å²) in [4.78, 5) is 18.3. The summed E-state index contributed by atoms with van der Waals surface area (Å²) in [6.45, 7) is 2.01. The number of hydrogen-bond acceptors (Lipinski definition) is 5. The Kier molecular flexibility index (Phi) is 5.17. The molecule has 1 aromatic heterocycles. The molecule has 31 heavy (non-hydrogen) atoms. The molecule has 2 aromatic carbocycles. The van der Waals surface area contributed by atoms with E-state index >= 15 is 0 Å². The molecule has 0 saturated heterocycles. The van der Waals surface area contributed by atoms with E-state index < -0.39 is 22.4 Å². The van der Waals surface area contributed by atoms with Crippen LogP contribution in [0.4, 0.5) is 0 Å². The number of benzene rings is 2. The molecule has 0 amide bonds. The molecule has 3 aromatic rings. The molecule has 4 unspecified atom stereocenters. The molecule has 1 aliphatic carbocycles. The number of carbonyl (C=O) groups is 1. The van der Waals surface area contributed by atoms with Gasteiger partial charge in [0.25, 0.3) is 0 Å². The van der Waals surface area contributed by atoms with Crippen molar-refractivity contribution >= 4 is 45.1 Å². The van der Waals surface area contributed by atoms with Gasteiger partial charge in [-0.05, 0) is 29.0 Å². The topological polar surface area (TPSA) is 59.4 Å². The van der Waals surface area contributed by atoms with Gasteiger partial charge in [0, 0.05) is 16.7 Å². The molecule has 1 aliphatic heterocycles. The molecule has 5 rings (SSSR count). The highest BCUT2D eigenvalue weighted by molar-refractivity contribution is 9.10. The number of carbonyl (C=O) groups excluding carboxylic acids is 1. The first-order valence-corrected chi connectivity index (χ1v) is 12.2. The Morgan fingerprint density at radius 1 is 1.19 bits per heavy atom. The number of hydrogen-bond donors (Lipinski definition) is 1. The second kappa shape index (κ2) is 7.62. The fraction of sp³-hybridized carbons (Fsp3) is 0.250. The average Bonchev–Trinajstić information content (AvgIpc) is 3.13. The highest BCUT2D eigenvalue weighted by atomic mass is 79.9. The lowest BCUT2D eigenvalue weighted by Gasteiger charge is -2.39. The molecule has 7 heteroatoms. The van der Waals surface area contributed by atoms with E-state index in [0.29, 0.717) is 16.3 Å². The summed E-state index contributed by atoms with van der Waals surface area (Å²) in [5, 5.41) is 12.1. The Morgan fingerprint density at radius 3 is 2.58 bits per heavy atom. The maximum atomic E-state index is 13.9. The Morgan fingerprint density at radius 2 is 1.90 bits per heavy atom. The maximum Gasteiger partial charge on any atom is 0.214 e. The molecule has 2 heterocycles. The van der Waals surface area contributed by atoms with Crippen LogP contribution in [-0.4, -0.2) is 26.9 Å². The highest BCUT2D eigenvalue weighted by Crippen LogP contribution is 2.66. The van der Waals surface area contributed by atoms with E-state index in [9.17, 15) is 9.90 Å². The normalized spacial score (nSPS) is 28.8. The van der Waals surface area contributed by atoms with Crippen LogP contribution in [0.5, 0.6) is 5.75 Å². The first-order valence-electron chi connectivity index (χ1n) is 9.97. The second-order valence-corrected chi connectivity index (χ2v) is 10.5. The van der Waals surface area contributed by atoms with E-state index in [4.69, 9.17) is 16.3 Å². The van der Waals surface area contributed by atoms with Crippen LogP contribution in [0, 0.1) is 0 Å². The fourth-order valence-electron chi connectivity index (χ4n) is 4.92. The van der Waals surface area contributed by atoms with Gasteiger partial charge in [-0.1, -0.05) is 76.9 Å². The minimum absolute atomic E-state index is 0.227. The van der Waals surface area contributed by atoms with Crippen molar-refractivity contribution in [2.45, 2.75) is 29.3 Å². The van der Waals surface area contributed by atoms with Crippen molar-refractivity contribution in [3.8, 4) is 5.75 Å². The number of nitrogens with zero attached hydrogens (tertiary/aromatic N) is 1. The van der Waals surface area contributed by atoms with Gasteiger partial charge in [0.1, 0.15) is 11.4 Å². The number of thioether (sulfide) groups is 1. The molecule has 2 aliphatic rings. The van der Waals surface area contributed by atoms with E-state index in [2.05, 4.69) is 20.9 Å². The summed E-state index contributed by atoms with van der Waals surface area (Å²) in [6.07, 6.45) is 1.45. The predicted molar refractivity (Wildman–Crippen MR) is 126 cm³/mol. The Balaban J connectivity index is 1.85. The zero-order valence-electron chi connectivity index (χ0n) is 16.6. The number of aliphatic hydroxyl groups is 1. The molecule has 0 bridgehead atoms. The van der Waals surface area contributed by atoms with Crippen LogP contribution in [0.25, 0.3) is 0 Å². The molecular weight excluding hydrogens is 498 g/mol. The van der Waals surface area contributed by atoms with E-state index in [-0.39, 0.29) is 11.5 Å². The first kappa shape index (κ1) is 21.0. The number of pyridine rings is 1.